The molecule has 0 radical (unpaired) electrons. The number of halogens is 2. The Morgan fingerprint density at radius 2 is 1.62 bits per heavy atom. The number of rotatable bonds is 3. The van der Waals surface area contributed by atoms with Crippen molar-refractivity contribution in [1.29, 1.82) is 0 Å². The van der Waals surface area contributed by atoms with Gasteiger partial charge in [-0.05, 0) is 75.7 Å². The first-order valence-electron chi connectivity index (χ1n) is 7.46. The maximum absolute atomic E-state index is 13.4. The summed E-state index contributed by atoms with van der Waals surface area (Å²) in [6.45, 7) is 10.0. The second kappa shape index (κ2) is 7.51. The summed E-state index contributed by atoms with van der Waals surface area (Å²) in [5.74, 6) is -1.06. The Morgan fingerprint density at radius 1 is 1.08 bits per heavy atom. The van der Waals surface area contributed by atoms with Crippen molar-refractivity contribution in [2.75, 3.05) is 11.4 Å². The molecule has 0 aliphatic carbocycles. The normalized spacial score (nSPS) is 11.8. The second-order valence-electron chi connectivity index (χ2n) is 7.25. The Hall–Kier alpha value is -1.63. The van der Waals surface area contributed by atoms with Gasteiger partial charge in [-0.2, -0.15) is 0 Å². The van der Waals surface area contributed by atoms with Gasteiger partial charge in [0.15, 0.2) is 0 Å². The van der Waals surface area contributed by atoms with E-state index in [4.69, 9.17) is 9.47 Å². The van der Waals surface area contributed by atoms with Crippen molar-refractivity contribution in [2.45, 2.75) is 52.7 Å². The molecule has 0 unspecified atom stereocenters. The zero-order valence-corrected chi connectivity index (χ0v) is 16.4. The topological polar surface area (TPSA) is 55.8 Å². The van der Waals surface area contributed by atoms with Crippen molar-refractivity contribution in [3.8, 4) is 0 Å². The molecule has 1 rings (SSSR count). The predicted molar refractivity (Wildman–Crippen MR) is 93.5 cm³/mol. The van der Waals surface area contributed by atoms with Gasteiger partial charge in [-0.15, -0.1) is 0 Å². The molecule has 1 amide bonds. The van der Waals surface area contributed by atoms with Crippen molar-refractivity contribution in [3.05, 3.63) is 28.5 Å². The van der Waals surface area contributed by atoms with Gasteiger partial charge in [0.25, 0.3) is 0 Å². The first-order valence-corrected chi connectivity index (χ1v) is 8.25. The number of hydrogen-bond acceptors (Lipinski definition) is 4. The third-order valence-electron chi connectivity index (χ3n) is 2.54. The van der Waals surface area contributed by atoms with Crippen LogP contribution in [0.4, 0.5) is 14.9 Å². The summed E-state index contributed by atoms with van der Waals surface area (Å²) in [6, 6.07) is 4.00. The van der Waals surface area contributed by atoms with E-state index in [9.17, 15) is 14.0 Å². The summed E-state index contributed by atoms with van der Waals surface area (Å²) >= 11 is 3.07. The monoisotopic (exact) mass is 403 g/mol. The van der Waals surface area contributed by atoms with Crippen LogP contribution in [0.3, 0.4) is 0 Å². The lowest BCUT2D eigenvalue weighted by Crippen LogP contribution is -2.42. The number of anilines is 1. The van der Waals surface area contributed by atoms with E-state index in [1.807, 2.05) is 0 Å². The highest BCUT2D eigenvalue weighted by Crippen LogP contribution is 2.25. The Bertz CT molecular complexity index is 620. The largest absolute Gasteiger partial charge is 0.459 e. The molecule has 24 heavy (non-hydrogen) atoms. The summed E-state index contributed by atoms with van der Waals surface area (Å²) in [7, 11) is 0. The van der Waals surface area contributed by atoms with E-state index in [1.54, 1.807) is 41.5 Å². The maximum Gasteiger partial charge on any atom is 0.415 e. The molecule has 0 fully saturated rings. The minimum Gasteiger partial charge on any atom is -0.459 e. The lowest BCUT2D eigenvalue weighted by Gasteiger charge is -2.28. The van der Waals surface area contributed by atoms with Crippen LogP contribution in [0.15, 0.2) is 22.7 Å². The molecule has 0 atom stereocenters. The lowest BCUT2D eigenvalue weighted by molar-refractivity contribution is -0.153. The molecule has 0 aromatic heterocycles. The number of esters is 1. The number of hydrogen-bond donors (Lipinski definition) is 0. The smallest absolute Gasteiger partial charge is 0.415 e. The average molecular weight is 404 g/mol. The van der Waals surface area contributed by atoms with Gasteiger partial charge in [0.1, 0.15) is 23.6 Å². The van der Waals surface area contributed by atoms with Gasteiger partial charge < -0.3 is 9.47 Å². The zero-order valence-electron chi connectivity index (χ0n) is 14.8. The molecular formula is C17H23BrFNO4. The van der Waals surface area contributed by atoms with Crippen molar-refractivity contribution in [2.24, 2.45) is 0 Å². The fourth-order valence-electron chi connectivity index (χ4n) is 1.73. The number of ether oxygens (including phenoxy) is 2. The highest BCUT2D eigenvalue weighted by Gasteiger charge is 2.28. The van der Waals surface area contributed by atoms with Gasteiger partial charge in [-0.1, -0.05) is 0 Å². The van der Waals surface area contributed by atoms with Crippen LogP contribution in [-0.2, 0) is 14.3 Å². The van der Waals surface area contributed by atoms with E-state index in [0.717, 1.165) is 4.90 Å². The first kappa shape index (κ1) is 20.4. The van der Waals surface area contributed by atoms with E-state index >= 15 is 0 Å². The second-order valence-corrected chi connectivity index (χ2v) is 8.11. The molecule has 0 heterocycles. The summed E-state index contributed by atoms with van der Waals surface area (Å²) in [5.41, 5.74) is -1.09. The van der Waals surface area contributed by atoms with Crippen LogP contribution in [0.1, 0.15) is 41.5 Å². The fourth-order valence-corrected chi connectivity index (χ4v) is 2.10. The molecule has 7 heteroatoms. The minimum atomic E-state index is -0.736. The molecular weight excluding hydrogens is 381 g/mol. The highest BCUT2D eigenvalue weighted by atomic mass is 79.9. The summed E-state index contributed by atoms with van der Waals surface area (Å²) in [6.07, 6.45) is -0.716. The van der Waals surface area contributed by atoms with E-state index in [2.05, 4.69) is 15.9 Å². The SMILES string of the molecule is CC(C)(C)OC(=O)CN(C(=O)OC(C)(C)C)c1ccc(F)c(Br)c1. The van der Waals surface area contributed by atoms with Gasteiger partial charge in [0, 0.05) is 5.69 Å². The Kier molecular flexibility index (Phi) is 6.38. The van der Waals surface area contributed by atoms with Crippen LogP contribution in [0.5, 0.6) is 0 Å². The van der Waals surface area contributed by atoms with Gasteiger partial charge in [-0.25, -0.2) is 9.18 Å². The van der Waals surface area contributed by atoms with Crippen molar-refractivity contribution in [1.82, 2.24) is 0 Å². The van der Waals surface area contributed by atoms with E-state index in [-0.39, 0.29) is 11.0 Å². The van der Waals surface area contributed by atoms with Gasteiger partial charge in [0.05, 0.1) is 4.47 Å². The quantitative estimate of drug-likeness (QED) is 0.687. The van der Waals surface area contributed by atoms with Crippen LogP contribution in [-0.4, -0.2) is 29.8 Å². The number of carbonyl (C=O) groups is 2. The van der Waals surface area contributed by atoms with Crippen LogP contribution < -0.4 is 4.90 Å². The molecule has 0 spiro atoms. The van der Waals surface area contributed by atoms with Crippen LogP contribution in [0.2, 0.25) is 0 Å². The fraction of sp³-hybridized carbons (Fsp3) is 0.529. The highest BCUT2D eigenvalue weighted by molar-refractivity contribution is 9.10. The standard InChI is InChI=1S/C17H23BrFNO4/c1-16(2,3)23-14(21)10-20(15(22)24-17(4,5)6)11-7-8-13(19)12(18)9-11/h7-9H,10H2,1-6H3. The predicted octanol–water partition coefficient (Wildman–Crippen LogP) is 4.67. The van der Waals surface area contributed by atoms with Gasteiger partial charge in [-0.3, -0.25) is 9.69 Å². The van der Waals surface area contributed by atoms with Gasteiger partial charge >= 0.3 is 12.1 Å². The Labute approximate surface area is 150 Å². The molecule has 134 valence electrons. The molecule has 0 N–H and O–H groups in total. The Morgan fingerprint density at radius 3 is 2.08 bits per heavy atom. The van der Waals surface area contributed by atoms with Crippen molar-refractivity contribution < 1.29 is 23.5 Å². The Balaban J connectivity index is 3.09. The number of benzene rings is 1. The molecule has 0 bridgehead atoms. The summed E-state index contributed by atoms with van der Waals surface area (Å²) in [5, 5.41) is 0. The molecule has 1 aromatic rings. The molecule has 1 aromatic carbocycles. The molecule has 0 saturated carbocycles. The van der Waals surface area contributed by atoms with E-state index in [0.29, 0.717) is 5.69 Å². The average Bonchev–Trinajstić information content (AvgIpc) is 2.35. The number of amides is 1. The lowest BCUT2D eigenvalue weighted by atomic mass is 10.2. The van der Waals surface area contributed by atoms with Crippen LogP contribution >= 0.6 is 15.9 Å². The molecule has 0 saturated heterocycles. The van der Waals surface area contributed by atoms with Crippen molar-refractivity contribution in [3.63, 3.8) is 0 Å². The molecule has 0 aliphatic heterocycles. The number of nitrogens with zero attached hydrogens (tertiary/aromatic N) is 1. The first-order chi connectivity index (χ1) is 10.8. The maximum atomic E-state index is 13.4. The third kappa shape index (κ3) is 6.86. The van der Waals surface area contributed by atoms with Crippen molar-refractivity contribution >= 4 is 33.7 Å². The molecule has 5 nitrogen and oxygen atoms in total. The van der Waals surface area contributed by atoms with E-state index in [1.165, 1.54) is 18.2 Å². The zero-order chi connectivity index (χ0) is 18.7. The number of carbonyl (C=O) groups excluding carboxylic acids is 2. The van der Waals surface area contributed by atoms with E-state index < -0.39 is 29.1 Å². The van der Waals surface area contributed by atoms with Gasteiger partial charge in [0.2, 0.25) is 0 Å². The molecule has 0 aliphatic rings. The van der Waals surface area contributed by atoms with Crippen LogP contribution in [0, 0.1) is 5.82 Å². The third-order valence-corrected chi connectivity index (χ3v) is 3.14. The minimum absolute atomic E-state index is 0.178. The summed E-state index contributed by atoms with van der Waals surface area (Å²) < 4.78 is 24.2. The van der Waals surface area contributed by atoms with Crippen LogP contribution in [0.25, 0.3) is 0 Å². The summed E-state index contributed by atoms with van der Waals surface area (Å²) in [4.78, 5) is 25.7.